The first-order valence-corrected chi connectivity index (χ1v) is 9.92. The molecule has 1 N–H and O–H groups in total. The fraction of sp³-hybridized carbons (Fsp3) is 0.261. The van der Waals surface area contributed by atoms with Crippen LogP contribution in [0.15, 0.2) is 73.2 Å². The Bertz CT molecular complexity index is 924. The molecule has 6 heteroatoms. The van der Waals surface area contributed by atoms with Gasteiger partial charge in [-0.1, -0.05) is 30.3 Å². The molecule has 2 aromatic heterocycles. The number of carbonyl (C=O) groups excluding carboxylic acids is 1. The van der Waals surface area contributed by atoms with E-state index in [9.17, 15) is 4.79 Å². The number of nitrogens with one attached hydrogen (secondary N) is 1. The van der Waals surface area contributed by atoms with Crippen LogP contribution in [-0.4, -0.2) is 47.0 Å². The molecule has 0 spiro atoms. The lowest BCUT2D eigenvalue weighted by Gasteiger charge is -2.35. The molecule has 1 amide bonds. The molecule has 1 aliphatic heterocycles. The fourth-order valence-electron chi connectivity index (χ4n) is 3.49. The summed E-state index contributed by atoms with van der Waals surface area (Å²) in [4.78, 5) is 25.7. The van der Waals surface area contributed by atoms with Crippen LogP contribution in [0.3, 0.4) is 0 Å². The molecular weight excluding hydrogens is 362 g/mol. The van der Waals surface area contributed by atoms with Crippen molar-refractivity contribution in [1.82, 2.24) is 20.2 Å². The van der Waals surface area contributed by atoms with Crippen LogP contribution in [-0.2, 0) is 13.1 Å². The maximum Gasteiger partial charge on any atom is 0.251 e. The van der Waals surface area contributed by atoms with Crippen molar-refractivity contribution < 1.29 is 4.79 Å². The van der Waals surface area contributed by atoms with E-state index in [1.54, 1.807) is 24.7 Å². The summed E-state index contributed by atoms with van der Waals surface area (Å²) < 4.78 is 0. The number of rotatable bonds is 6. The van der Waals surface area contributed by atoms with E-state index in [4.69, 9.17) is 0 Å². The molecule has 6 nitrogen and oxygen atoms in total. The van der Waals surface area contributed by atoms with E-state index in [1.165, 1.54) is 5.56 Å². The van der Waals surface area contributed by atoms with Crippen LogP contribution >= 0.6 is 0 Å². The zero-order chi connectivity index (χ0) is 19.9. The lowest BCUT2D eigenvalue weighted by atomic mass is 10.2. The highest BCUT2D eigenvalue weighted by Gasteiger charge is 2.19. The van der Waals surface area contributed by atoms with Crippen molar-refractivity contribution in [2.24, 2.45) is 0 Å². The highest BCUT2D eigenvalue weighted by molar-refractivity contribution is 5.94. The maximum absolute atomic E-state index is 12.5. The van der Waals surface area contributed by atoms with Gasteiger partial charge in [0, 0.05) is 63.4 Å². The van der Waals surface area contributed by atoms with E-state index in [-0.39, 0.29) is 5.91 Å². The van der Waals surface area contributed by atoms with Gasteiger partial charge in [0.25, 0.3) is 5.91 Å². The third kappa shape index (κ3) is 5.18. The first-order chi connectivity index (χ1) is 14.3. The summed E-state index contributed by atoms with van der Waals surface area (Å²) in [7, 11) is 0. The third-order valence-corrected chi connectivity index (χ3v) is 5.16. The molecule has 1 aliphatic rings. The summed E-state index contributed by atoms with van der Waals surface area (Å²) in [5.41, 5.74) is 3.00. The Morgan fingerprint density at radius 3 is 2.41 bits per heavy atom. The number of pyridine rings is 2. The van der Waals surface area contributed by atoms with E-state index >= 15 is 0 Å². The average Bonchev–Trinajstić information content (AvgIpc) is 2.79. The highest BCUT2D eigenvalue weighted by Crippen LogP contribution is 2.16. The number of benzene rings is 1. The first kappa shape index (κ1) is 19.1. The van der Waals surface area contributed by atoms with Gasteiger partial charge in [0.05, 0.1) is 0 Å². The molecule has 0 unspecified atom stereocenters. The third-order valence-electron chi connectivity index (χ3n) is 5.16. The number of amides is 1. The van der Waals surface area contributed by atoms with Gasteiger partial charge in [0.2, 0.25) is 0 Å². The molecular formula is C23H25N5O. The average molecular weight is 387 g/mol. The quantitative estimate of drug-likeness (QED) is 0.705. The number of nitrogens with zero attached hydrogens (tertiary/aromatic N) is 4. The molecule has 3 heterocycles. The van der Waals surface area contributed by atoms with Crippen LogP contribution in [0.4, 0.5) is 5.82 Å². The second-order valence-corrected chi connectivity index (χ2v) is 7.19. The number of piperazine rings is 1. The van der Waals surface area contributed by atoms with E-state index < -0.39 is 0 Å². The SMILES string of the molecule is O=C(NCc1ccncc1)c1ccnc(N2CCN(Cc3ccccc3)CC2)c1. The van der Waals surface area contributed by atoms with Crippen molar-refractivity contribution in [3.63, 3.8) is 0 Å². The molecule has 0 bridgehead atoms. The Kier molecular flexibility index (Phi) is 6.12. The van der Waals surface area contributed by atoms with E-state index in [1.807, 2.05) is 24.3 Å². The van der Waals surface area contributed by atoms with Gasteiger partial charge in [0.1, 0.15) is 5.82 Å². The standard InChI is InChI=1S/C23H25N5O/c29-23(26-17-19-6-9-24-10-7-19)21-8-11-25-22(16-21)28-14-12-27(13-15-28)18-20-4-2-1-3-5-20/h1-11,16H,12-15,17-18H2,(H,26,29). The summed E-state index contributed by atoms with van der Waals surface area (Å²) in [5.74, 6) is 0.772. The minimum atomic E-state index is -0.0897. The predicted octanol–water partition coefficient (Wildman–Crippen LogP) is 2.73. The Morgan fingerprint density at radius 1 is 0.897 bits per heavy atom. The van der Waals surface area contributed by atoms with Gasteiger partial charge in [-0.25, -0.2) is 4.98 Å². The fourth-order valence-corrected chi connectivity index (χ4v) is 3.49. The van der Waals surface area contributed by atoms with Crippen molar-refractivity contribution in [3.8, 4) is 0 Å². The van der Waals surface area contributed by atoms with Crippen LogP contribution in [0.25, 0.3) is 0 Å². The number of hydrogen-bond donors (Lipinski definition) is 1. The molecule has 0 saturated carbocycles. The van der Waals surface area contributed by atoms with Crippen LogP contribution in [0.2, 0.25) is 0 Å². The van der Waals surface area contributed by atoms with E-state index in [0.29, 0.717) is 12.1 Å². The van der Waals surface area contributed by atoms with Crippen LogP contribution in [0, 0.1) is 0 Å². The Morgan fingerprint density at radius 2 is 1.66 bits per heavy atom. The number of hydrogen-bond acceptors (Lipinski definition) is 5. The van der Waals surface area contributed by atoms with E-state index in [0.717, 1.165) is 44.1 Å². The normalized spacial score (nSPS) is 14.6. The summed E-state index contributed by atoms with van der Waals surface area (Å²) >= 11 is 0. The minimum Gasteiger partial charge on any atom is -0.354 e. The van der Waals surface area contributed by atoms with Crippen LogP contribution < -0.4 is 10.2 Å². The lowest BCUT2D eigenvalue weighted by molar-refractivity contribution is 0.0951. The lowest BCUT2D eigenvalue weighted by Crippen LogP contribution is -2.46. The van der Waals surface area contributed by atoms with Gasteiger partial charge < -0.3 is 10.2 Å². The summed E-state index contributed by atoms with van der Waals surface area (Å²) in [6.07, 6.45) is 5.17. The molecule has 3 aromatic rings. The number of aromatic nitrogens is 2. The topological polar surface area (TPSA) is 61.4 Å². The van der Waals surface area contributed by atoms with Crippen molar-refractivity contribution in [3.05, 3.63) is 89.9 Å². The van der Waals surface area contributed by atoms with Gasteiger partial charge in [-0.05, 0) is 35.4 Å². The largest absolute Gasteiger partial charge is 0.354 e. The zero-order valence-corrected chi connectivity index (χ0v) is 16.4. The number of anilines is 1. The van der Waals surface area contributed by atoms with Crippen molar-refractivity contribution in [2.75, 3.05) is 31.1 Å². The minimum absolute atomic E-state index is 0.0897. The molecule has 1 fully saturated rings. The molecule has 148 valence electrons. The molecule has 1 saturated heterocycles. The summed E-state index contributed by atoms with van der Waals surface area (Å²) in [6, 6.07) is 18.0. The van der Waals surface area contributed by atoms with E-state index in [2.05, 4.69) is 49.4 Å². The maximum atomic E-state index is 12.5. The zero-order valence-electron chi connectivity index (χ0n) is 16.4. The molecule has 4 rings (SSSR count). The highest BCUT2D eigenvalue weighted by atomic mass is 16.1. The number of carbonyl (C=O) groups is 1. The summed E-state index contributed by atoms with van der Waals surface area (Å²) in [5, 5.41) is 2.96. The Labute approximate surface area is 171 Å². The van der Waals surface area contributed by atoms with Crippen LogP contribution in [0.1, 0.15) is 21.5 Å². The molecule has 29 heavy (non-hydrogen) atoms. The second kappa shape index (κ2) is 9.30. The van der Waals surface area contributed by atoms with Crippen LogP contribution in [0.5, 0.6) is 0 Å². The monoisotopic (exact) mass is 387 g/mol. The van der Waals surface area contributed by atoms with Crippen molar-refractivity contribution >= 4 is 11.7 Å². The summed E-state index contributed by atoms with van der Waals surface area (Å²) in [6.45, 7) is 5.23. The van der Waals surface area contributed by atoms with Gasteiger partial charge in [0.15, 0.2) is 0 Å². The van der Waals surface area contributed by atoms with Gasteiger partial charge in [-0.2, -0.15) is 0 Å². The molecule has 0 aliphatic carbocycles. The Balaban J connectivity index is 1.32. The van der Waals surface area contributed by atoms with Gasteiger partial charge >= 0.3 is 0 Å². The first-order valence-electron chi connectivity index (χ1n) is 9.92. The molecule has 0 atom stereocenters. The second-order valence-electron chi connectivity index (χ2n) is 7.19. The van der Waals surface area contributed by atoms with Gasteiger partial charge in [-0.3, -0.25) is 14.7 Å². The van der Waals surface area contributed by atoms with Crippen molar-refractivity contribution in [1.29, 1.82) is 0 Å². The van der Waals surface area contributed by atoms with Crippen molar-refractivity contribution in [2.45, 2.75) is 13.1 Å². The smallest absolute Gasteiger partial charge is 0.251 e. The predicted molar refractivity (Wildman–Crippen MR) is 114 cm³/mol. The Hall–Kier alpha value is -3.25. The molecule has 1 aromatic carbocycles. The van der Waals surface area contributed by atoms with Gasteiger partial charge in [-0.15, -0.1) is 0 Å². The molecule has 0 radical (unpaired) electrons.